The van der Waals surface area contributed by atoms with Gasteiger partial charge in [-0.25, -0.2) is 0 Å². The third-order valence-electron chi connectivity index (χ3n) is 4.61. The van der Waals surface area contributed by atoms with Gasteiger partial charge in [-0.2, -0.15) is 0 Å². The van der Waals surface area contributed by atoms with E-state index in [1.165, 1.54) is 24.9 Å². The molecule has 1 aromatic rings. The van der Waals surface area contributed by atoms with Crippen LogP contribution < -0.4 is 10.6 Å². The van der Waals surface area contributed by atoms with Gasteiger partial charge in [0.15, 0.2) is 5.96 Å². The number of rotatable bonds is 9. The molecule has 0 saturated carbocycles. The van der Waals surface area contributed by atoms with E-state index in [1.54, 1.807) is 0 Å². The summed E-state index contributed by atoms with van der Waals surface area (Å²) >= 11 is 0. The molecule has 1 fully saturated rings. The number of hydrogen-bond donors (Lipinski definition) is 2. The van der Waals surface area contributed by atoms with Crippen molar-refractivity contribution in [3.63, 3.8) is 0 Å². The van der Waals surface area contributed by atoms with Crippen LogP contribution in [0.5, 0.6) is 0 Å². The molecule has 0 radical (unpaired) electrons. The van der Waals surface area contributed by atoms with Gasteiger partial charge in [0.1, 0.15) is 0 Å². The Bertz CT molecular complexity index is 486. The number of nitrogens with one attached hydrogen (secondary N) is 2. The second-order valence-electron chi connectivity index (χ2n) is 6.65. The van der Waals surface area contributed by atoms with Crippen LogP contribution in [0, 0.1) is 5.92 Å². The predicted molar refractivity (Wildman–Crippen MR) is 106 cm³/mol. The smallest absolute Gasteiger partial charge is 0.193 e. The van der Waals surface area contributed by atoms with Crippen molar-refractivity contribution in [2.24, 2.45) is 10.9 Å². The Morgan fingerprint density at radius 3 is 2.72 bits per heavy atom. The molecule has 0 unspecified atom stereocenters. The van der Waals surface area contributed by atoms with Crippen LogP contribution in [0.1, 0.15) is 32.6 Å². The lowest BCUT2D eigenvalue weighted by Gasteiger charge is -2.26. The van der Waals surface area contributed by atoms with Gasteiger partial charge in [0, 0.05) is 52.1 Å². The van der Waals surface area contributed by atoms with Crippen LogP contribution >= 0.6 is 0 Å². The molecule has 0 amide bonds. The standard InChI is InChI=1S/C20H34N4O/c1-3-21-20(24(2)15-10-18-11-16-25-17-12-18)23-14-7-13-22-19-8-5-4-6-9-19/h4-6,8-9,18,22H,3,7,10-17H2,1-2H3,(H,21,23). The van der Waals surface area contributed by atoms with Crippen molar-refractivity contribution in [1.82, 2.24) is 10.2 Å². The van der Waals surface area contributed by atoms with Gasteiger partial charge in [0.25, 0.3) is 0 Å². The van der Waals surface area contributed by atoms with Crippen molar-refractivity contribution in [2.45, 2.75) is 32.6 Å². The van der Waals surface area contributed by atoms with E-state index in [0.717, 1.165) is 57.7 Å². The summed E-state index contributed by atoms with van der Waals surface area (Å²) in [6, 6.07) is 10.3. The Labute approximate surface area is 152 Å². The minimum Gasteiger partial charge on any atom is -0.385 e. The first-order chi connectivity index (χ1) is 12.3. The van der Waals surface area contributed by atoms with Crippen LogP contribution in [0.15, 0.2) is 35.3 Å². The lowest BCUT2D eigenvalue weighted by Crippen LogP contribution is -2.40. The summed E-state index contributed by atoms with van der Waals surface area (Å²) in [5, 5.41) is 6.84. The third kappa shape index (κ3) is 7.78. The third-order valence-corrected chi connectivity index (χ3v) is 4.61. The zero-order chi connectivity index (χ0) is 17.7. The molecular weight excluding hydrogens is 312 g/mol. The van der Waals surface area contributed by atoms with Gasteiger partial charge in [-0.1, -0.05) is 18.2 Å². The first kappa shape index (κ1) is 19.6. The largest absolute Gasteiger partial charge is 0.385 e. The monoisotopic (exact) mass is 346 g/mol. The quantitative estimate of drug-likeness (QED) is 0.409. The van der Waals surface area contributed by atoms with Crippen molar-refractivity contribution in [2.75, 3.05) is 51.8 Å². The van der Waals surface area contributed by atoms with E-state index >= 15 is 0 Å². The number of ether oxygens (including phenoxy) is 1. The maximum Gasteiger partial charge on any atom is 0.193 e. The fourth-order valence-electron chi connectivity index (χ4n) is 3.04. The zero-order valence-electron chi connectivity index (χ0n) is 15.8. The second-order valence-corrected chi connectivity index (χ2v) is 6.65. The summed E-state index contributed by atoms with van der Waals surface area (Å²) in [5.41, 5.74) is 1.17. The molecule has 5 nitrogen and oxygen atoms in total. The van der Waals surface area contributed by atoms with Crippen LogP contribution in [-0.2, 0) is 4.74 Å². The molecule has 0 spiro atoms. The number of hydrogen-bond acceptors (Lipinski definition) is 3. The average Bonchev–Trinajstić information content (AvgIpc) is 2.66. The lowest BCUT2D eigenvalue weighted by atomic mass is 9.96. The van der Waals surface area contributed by atoms with Crippen LogP contribution in [0.3, 0.4) is 0 Å². The molecular formula is C20H34N4O. The summed E-state index contributed by atoms with van der Waals surface area (Å²) in [5.74, 6) is 1.82. The fraction of sp³-hybridized carbons (Fsp3) is 0.650. The van der Waals surface area contributed by atoms with Crippen LogP contribution in [-0.4, -0.2) is 57.3 Å². The molecule has 2 N–H and O–H groups in total. The summed E-state index contributed by atoms with van der Waals surface area (Å²) in [4.78, 5) is 7.04. The van der Waals surface area contributed by atoms with Crippen molar-refractivity contribution < 1.29 is 4.74 Å². The molecule has 0 atom stereocenters. The molecule has 1 aromatic carbocycles. The number of nitrogens with zero attached hydrogens (tertiary/aromatic N) is 2. The average molecular weight is 347 g/mol. The Balaban J connectivity index is 1.68. The van der Waals surface area contributed by atoms with Gasteiger partial charge in [-0.05, 0) is 50.7 Å². The number of para-hydroxylation sites is 1. The highest BCUT2D eigenvalue weighted by Crippen LogP contribution is 2.18. The Morgan fingerprint density at radius 2 is 2.00 bits per heavy atom. The molecule has 0 bridgehead atoms. The fourth-order valence-corrected chi connectivity index (χ4v) is 3.04. The van der Waals surface area contributed by atoms with Gasteiger partial charge < -0.3 is 20.3 Å². The summed E-state index contributed by atoms with van der Waals surface area (Å²) in [6.07, 6.45) is 4.65. The first-order valence-electron chi connectivity index (χ1n) is 9.65. The molecule has 1 aliphatic rings. The van der Waals surface area contributed by atoms with Gasteiger partial charge >= 0.3 is 0 Å². The van der Waals surface area contributed by atoms with Gasteiger partial charge in [0.05, 0.1) is 0 Å². The van der Waals surface area contributed by atoms with E-state index in [1.807, 2.05) is 6.07 Å². The Hall–Kier alpha value is -1.75. The molecule has 1 aliphatic heterocycles. The van der Waals surface area contributed by atoms with Crippen LogP contribution in [0.25, 0.3) is 0 Å². The SMILES string of the molecule is CCNC(=NCCCNc1ccccc1)N(C)CCC1CCOCC1. The Morgan fingerprint density at radius 1 is 1.24 bits per heavy atom. The summed E-state index contributed by atoms with van der Waals surface area (Å²) < 4.78 is 5.44. The van der Waals surface area contributed by atoms with E-state index < -0.39 is 0 Å². The summed E-state index contributed by atoms with van der Waals surface area (Å²) in [7, 11) is 2.14. The number of aliphatic imine (C=N–C) groups is 1. The topological polar surface area (TPSA) is 48.9 Å². The normalized spacial score (nSPS) is 15.8. The zero-order valence-corrected chi connectivity index (χ0v) is 15.8. The molecule has 25 heavy (non-hydrogen) atoms. The van der Waals surface area contributed by atoms with Crippen molar-refractivity contribution in [3.05, 3.63) is 30.3 Å². The van der Waals surface area contributed by atoms with Crippen molar-refractivity contribution >= 4 is 11.6 Å². The highest BCUT2D eigenvalue weighted by atomic mass is 16.5. The highest BCUT2D eigenvalue weighted by molar-refractivity contribution is 5.79. The maximum absolute atomic E-state index is 5.44. The highest BCUT2D eigenvalue weighted by Gasteiger charge is 2.15. The predicted octanol–water partition coefficient (Wildman–Crippen LogP) is 3.20. The van der Waals surface area contributed by atoms with E-state index in [-0.39, 0.29) is 0 Å². The van der Waals surface area contributed by atoms with Crippen molar-refractivity contribution in [1.29, 1.82) is 0 Å². The molecule has 0 aromatic heterocycles. The van der Waals surface area contributed by atoms with E-state index in [0.29, 0.717) is 0 Å². The molecule has 2 rings (SSSR count). The van der Waals surface area contributed by atoms with Gasteiger partial charge in [0.2, 0.25) is 0 Å². The number of guanidine groups is 1. The minimum atomic E-state index is 0.800. The molecule has 1 heterocycles. The molecule has 140 valence electrons. The van der Waals surface area contributed by atoms with E-state index in [9.17, 15) is 0 Å². The molecule has 1 saturated heterocycles. The Kier molecular flexibility index (Phi) is 9.19. The first-order valence-corrected chi connectivity index (χ1v) is 9.65. The second kappa shape index (κ2) is 11.7. The van der Waals surface area contributed by atoms with Crippen LogP contribution in [0.4, 0.5) is 5.69 Å². The number of anilines is 1. The number of benzene rings is 1. The van der Waals surface area contributed by atoms with Gasteiger partial charge in [-0.15, -0.1) is 0 Å². The molecule has 0 aliphatic carbocycles. The molecule has 5 heteroatoms. The van der Waals surface area contributed by atoms with Crippen molar-refractivity contribution in [3.8, 4) is 0 Å². The minimum absolute atomic E-state index is 0.800. The summed E-state index contributed by atoms with van der Waals surface area (Å²) in [6.45, 7) is 7.72. The van der Waals surface area contributed by atoms with Gasteiger partial charge in [-0.3, -0.25) is 4.99 Å². The van der Waals surface area contributed by atoms with E-state index in [2.05, 4.69) is 53.8 Å². The van der Waals surface area contributed by atoms with Crippen LogP contribution in [0.2, 0.25) is 0 Å². The lowest BCUT2D eigenvalue weighted by molar-refractivity contribution is 0.0625. The van der Waals surface area contributed by atoms with E-state index in [4.69, 9.17) is 9.73 Å². The maximum atomic E-state index is 5.44.